The lowest BCUT2D eigenvalue weighted by atomic mass is 10.2. The highest BCUT2D eigenvalue weighted by atomic mass is 16.6. The molecule has 0 bridgehead atoms. The van der Waals surface area contributed by atoms with E-state index in [1.807, 2.05) is 48.5 Å². The maximum Gasteiger partial charge on any atom is 0.238 e. The van der Waals surface area contributed by atoms with Crippen LogP contribution in [0.3, 0.4) is 0 Å². The Bertz CT molecular complexity index is 795. The molecule has 2 aromatic carbocycles. The fourth-order valence-electron chi connectivity index (χ4n) is 3.15. The zero-order valence-electron chi connectivity index (χ0n) is 14.7. The van der Waals surface area contributed by atoms with Crippen molar-refractivity contribution in [1.82, 2.24) is 10.2 Å². The molecular weight excluding hydrogens is 332 g/mol. The van der Waals surface area contributed by atoms with E-state index in [0.717, 1.165) is 29.4 Å². The molecule has 6 nitrogen and oxygen atoms in total. The molecule has 0 spiro atoms. The lowest BCUT2D eigenvalue weighted by molar-refractivity contribution is -0.121. The van der Waals surface area contributed by atoms with Gasteiger partial charge in [0.25, 0.3) is 0 Å². The fraction of sp³-hybridized carbons (Fsp3) is 0.350. The summed E-state index contributed by atoms with van der Waals surface area (Å²) in [6, 6.07) is 15.4. The fourth-order valence-corrected chi connectivity index (χ4v) is 3.15. The van der Waals surface area contributed by atoms with Gasteiger partial charge in [-0.25, -0.2) is 0 Å². The molecule has 2 aliphatic rings. The molecule has 2 aromatic rings. The number of nitrogens with one attached hydrogen (secondary N) is 1. The molecule has 2 heterocycles. The summed E-state index contributed by atoms with van der Waals surface area (Å²) in [6.45, 7) is 2.34. The Hall–Kier alpha value is -2.73. The standard InChI is InChI=1S/C20H22N2O4/c1-24-17-7-3-2-6-14(17)11-22-12-16(22)20(23)21-10-15-13-25-18-8-4-5-9-19(18)26-15/h2-9,15-16H,10-13H2,1H3,(H,21,23). The summed E-state index contributed by atoms with van der Waals surface area (Å²) in [6.07, 6.45) is -0.171. The zero-order chi connectivity index (χ0) is 17.9. The Morgan fingerprint density at radius 3 is 2.81 bits per heavy atom. The van der Waals surface area contributed by atoms with Gasteiger partial charge in [-0.1, -0.05) is 30.3 Å². The molecule has 2 aliphatic heterocycles. The molecule has 0 radical (unpaired) electrons. The van der Waals surface area contributed by atoms with Gasteiger partial charge in [0.15, 0.2) is 11.5 Å². The number of para-hydroxylation sites is 3. The third kappa shape index (κ3) is 3.60. The predicted molar refractivity (Wildman–Crippen MR) is 96.6 cm³/mol. The number of rotatable bonds is 6. The molecule has 1 fully saturated rings. The molecule has 1 N–H and O–H groups in total. The first-order chi connectivity index (χ1) is 12.7. The first-order valence-electron chi connectivity index (χ1n) is 8.77. The van der Waals surface area contributed by atoms with Gasteiger partial charge in [-0.3, -0.25) is 9.69 Å². The van der Waals surface area contributed by atoms with Crippen molar-refractivity contribution in [2.75, 3.05) is 26.8 Å². The van der Waals surface area contributed by atoms with E-state index in [0.29, 0.717) is 19.7 Å². The average Bonchev–Trinajstić information content (AvgIpc) is 3.45. The third-order valence-electron chi connectivity index (χ3n) is 4.65. The van der Waals surface area contributed by atoms with Gasteiger partial charge in [0, 0.05) is 18.7 Å². The van der Waals surface area contributed by atoms with Crippen molar-refractivity contribution < 1.29 is 19.0 Å². The van der Waals surface area contributed by atoms with E-state index < -0.39 is 0 Å². The minimum atomic E-state index is -0.171. The minimum absolute atomic E-state index is 0.0300. The predicted octanol–water partition coefficient (Wildman–Crippen LogP) is 1.84. The van der Waals surface area contributed by atoms with Crippen molar-refractivity contribution in [2.45, 2.75) is 18.7 Å². The molecule has 3 unspecified atom stereocenters. The van der Waals surface area contributed by atoms with Crippen LogP contribution in [0.15, 0.2) is 48.5 Å². The number of hydrogen-bond donors (Lipinski definition) is 1. The van der Waals surface area contributed by atoms with Gasteiger partial charge < -0.3 is 19.5 Å². The van der Waals surface area contributed by atoms with Gasteiger partial charge in [0.05, 0.1) is 13.7 Å². The molecule has 1 saturated heterocycles. The van der Waals surface area contributed by atoms with Gasteiger partial charge in [-0.2, -0.15) is 0 Å². The third-order valence-corrected chi connectivity index (χ3v) is 4.65. The maximum atomic E-state index is 12.4. The Labute approximate surface area is 152 Å². The van der Waals surface area contributed by atoms with Gasteiger partial charge in [-0.05, 0) is 18.2 Å². The van der Waals surface area contributed by atoms with Crippen LogP contribution in [0.2, 0.25) is 0 Å². The molecule has 4 rings (SSSR count). The van der Waals surface area contributed by atoms with E-state index in [4.69, 9.17) is 14.2 Å². The van der Waals surface area contributed by atoms with Crippen LogP contribution in [0.1, 0.15) is 5.56 Å². The van der Waals surface area contributed by atoms with Crippen LogP contribution in [-0.2, 0) is 11.3 Å². The van der Waals surface area contributed by atoms with Gasteiger partial charge in [0.2, 0.25) is 5.91 Å². The lowest BCUT2D eigenvalue weighted by Gasteiger charge is -2.26. The molecule has 0 aromatic heterocycles. The van der Waals surface area contributed by atoms with Crippen LogP contribution in [0, 0.1) is 0 Å². The quantitative estimate of drug-likeness (QED) is 0.802. The van der Waals surface area contributed by atoms with E-state index >= 15 is 0 Å². The second-order valence-corrected chi connectivity index (χ2v) is 6.50. The van der Waals surface area contributed by atoms with Gasteiger partial charge >= 0.3 is 0 Å². The summed E-state index contributed by atoms with van der Waals surface area (Å²) in [7, 11) is 1.66. The molecule has 26 heavy (non-hydrogen) atoms. The molecule has 1 amide bonds. The van der Waals surface area contributed by atoms with Gasteiger partial charge in [-0.15, -0.1) is 0 Å². The summed E-state index contributed by atoms with van der Waals surface area (Å²) < 4.78 is 16.9. The molecule has 0 aliphatic carbocycles. The average molecular weight is 354 g/mol. The molecular formula is C20H22N2O4. The highest BCUT2D eigenvalue weighted by Gasteiger charge is 2.40. The van der Waals surface area contributed by atoms with Crippen molar-refractivity contribution in [3.05, 3.63) is 54.1 Å². The minimum Gasteiger partial charge on any atom is -0.496 e. The van der Waals surface area contributed by atoms with E-state index in [1.165, 1.54) is 0 Å². The smallest absolute Gasteiger partial charge is 0.238 e. The number of carbonyl (C=O) groups excluding carboxylic acids is 1. The number of nitrogens with zero attached hydrogens (tertiary/aromatic N) is 1. The number of fused-ring (bicyclic) bond motifs is 1. The SMILES string of the molecule is COc1ccccc1CN1CC1C(=O)NCC1COc2ccccc2O1. The number of carbonyl (C=O) groups is 1. The van der Waals surface area contributed by atoms with Crippen molar-refractivity contribution in [3.63, 3.8) is 0 Å². The summed E-state index contributed by atoms with van der Waals surface area (Å²) in [5.41, 5.74) is 1.09. The van der Waals surface area contributed by atoms with Gasteiger partial charge in [0.1, 0.15) is 24.5 Å². The summed E-state index contributed by atoms with van der Waals surface area (Å²) in [5, 5.41) is 2.97. The number of ether oxygens (including phenoxy) is 3. The van der Waals surface area contributed by atoms with E-state index in [-0.39, 0.29) is 18.1 Å². The van der Waals surface area contributed by atoms with Crippen LogP contribution in [0.5, 0.6) is 17.2 Å². The monoisotopic (exact) mass is 354 g/mol. The Morgan fingerprint density at radius 1 is 1.19 bits per heavy atom. The topological polar surface area (TPSA) is 59.8 Å². The molecule has 136 valence electrons. The normalized spacial score (nSPS) is 23.2. The van der Waals surface area contributed by atoms with Crippen molar-refractivity contribution in [2.24, 2.45) is 0 Å². The largest absolute Gasteiger partial charge is 0.496 e. The first-order valence-corrected chi connectivity index (χ1v) is 8.77. The maximum absolute atomic E-state index is 12.4. The second-order valence-electron chi connectivity index (χ2n) is 6.50. The molecule has 6 heteroatoms. The Balaban J connectivity index is 1.25. The van der Waals surface area contributed by atoms with Crippen LogP contribution in [0.25, 0.3) is 0 Å². The van der Waals surface area contributed by atoms with Crippen molar-refractivity contribution in [1.29, 1.82) is 0 Å². The van der Waals surface area contributed by atoms with Crippen molar-refractivity contribution in [3.8, 4) is 17.2 Å². The summed E-state index contributed by atoms with van der Waals surface area (Å²) in [4.78, 5) is 14.5. The highest BCUT2D eigenvalue weighted by molar-refractivity contribution is 5.84. The number of hydrogen-bond acceptors (Lipinski definition) is 5. The van der Waals surface area contributed by atoms with E-state index in [2.05, 4.69) is 10.2 Å². The van der Waals surface area contributed by atoms with Crippen LogP contribution in [-0.4, -0.2) is 49.8 Å². The first kappa shape index (κ1) is 16.7. The van der Waals surface area contributed by atoms with E-state index in [9.17, 15) is 4.79 Å². The van der Waals surface area contributed by atoms with E-state index in [1.54, 1.807) is 7.11 Å². The van der Waals surface area contributed by atoms with Crippen molar-refractivity contribution >= 4 is 5.91 Å². The highest BCUT2D eigenvalue weighted by Crippen LogP contribution is 2.31. The number of methoxy groups -OCH3 is 1. The molecule has 3 atom stereocenters. The number of benzene rings is 2. The summed E-state index contributed by atoms with van der Waals surface area (Å²) in [5.74, 6) is 2.36. The molecule has 0 saturated carbocycles. The van der Waals surface area contributed by atoms with Crippen LogP contribution >= 0.6 is 0 Å². The Morgan fingerprint density at radius 2 is 1.96 bits per heavy atom. The van der Waals surface area contributed by atoms with Crippen LogP contribution < -0.4 is 19.5 Å². The lowest BCUT2D eigenvalue weighted by Crippen LogP contribution is -2.42. The Kier molecular flexibility index (Phi) is 4.67. The van der Waals surface area contributed by atoms with Crippen LogP contribution in [0.4, 0.5) is 0 Å². The second kappa shape index (κ2) is 7.25. The summed E-state index contributed by atoms with van der Waals surface area (Å²) >= 11 is 0. The number of amides is 1. The zero-order valence-corrected chi connectivity index (χ0v) is 14.7.